The summed E-state index contributed by atoms with van der Waals surface area (Å²) in [5, 5.41) is 1.26. The summed E-state index contributed by atoms with van der Waals surface area (Å²) in [5.41, 5.74) is 5.07. The average molecular weight is 393 g/mol. The van der Waals surface area contributed by atoms with Crippen LogP contribution in [0.1, 0.15) is 31.9 Å². The first kappa shape index (κ1) is 18.5. The van der Waals surface area contributed by atoms with Gasteiger partial charge >= 0.3 is 0 Å². The monoisotopic (exact) mass is 392 g/mol. The Morgan fingerprint density at radius 3 is 2.57 bits per heavy atom. The van der Waals surface area contributed by atoms with Crippen molar-refractivity contribution < 1.29 is 4.42 Å². The summed E-state index contributed by atoms with van der Waals surface area (Å²) in [6.45, 7) is 8.44. The van der Waals surface area contributed by atoms with Gasteiger partial charge in [0, 0.05) is 16.7 Å². The maximum Gasteiger partial charge on any atom is 0.226 e. The lowest BCUT2D eigenvalue weighted by Crippen LogP contribution is -2.12. The number of halogens is 1. The second-order valence-electron chi connectivity index (χ2n) is 8.01. The Hall–Kier alpha value is -2.85. The van der Waals surface area contributed by atoms with Crippen molar-refractivity contribution in [2.24, 2.45) is 0 Å². The summed E-state index contributed by atoms with van der Waals surface area (Å²) in [4.78, 5) is 20.6. The highest BCUT2D eigenvalue weighted by Crippen LogP contribution is 2.35. The van der Waals surface area contributed by atoms with Gasteiger partial charge in [0.2, 0.25) is 5.89 Å². The molecular weight excluding hydrogens is 372 g/mol. The summed E-state index contributed by atoms with van der Waals surface area (Å²) >= 11 is 6.57. The van der Waals surface area contributed by atoms with E-state index in [4.69, 9.17) is 16.0 Å². The van der Waals surface area contributed by atoms with Gasteiger partial charge in [-0.15, -0.1) is 0 Å². The topological polar surface area (TPSA) is 58.9 Å². The number of nitrogens with zero attached hydrogens (tertiary/aromatic N) is 1. The number of rotatable bonds is 2. The van der Waals surface area contributed by atoms with Crippen molar-refractivity contribution in [3.8, 4) is 22.7 Å². The van der Waals surface area contributed by atoms with E-state index in [-0.39, 0.29) is 10.8 Å². The lowest BCUT2D eigenvalue weighted by Gasteiger charge is -2.22. The van der Waals surface area contributed by atoms with Crippen LogP contribution >= 0.6 is 11.6 Å². The van der Waals surface area contributed by atoms with Crippen molar-refractivity contribution in [1.29, 1.82) is 0 Å². The maximum atomic E-state index is 13.0. The van der Waals surface area contributed by atoms with Crippen LogP contribution in [-0.2, 0) is 5.41 Å². The molecule has 5 heteroatoms. The third kappa shape index (κ3) is 3.14. The van der Waals surface area contributed by atoms with Crippen molar-refractivity contribution in [3.63, 3.8) is 0 Å². The number of aryl methyl sites for hydroxylation is 1. The fourth-order valence-corrected chi connectivity index (χ4v) is 3.98. The molecule has 0 unspecified atom stereocenters. The number of nitrogens with one attached hydrogen (secondary N) is 1. The number of hydrogen-bond acceptors (Lipinski definition) is 3. The van der Waals surface area contributed by atoms with Crippen LogP contribution in [0.3, 0.4) is 0 Å². The van der Waals surface area contributed by atoms with Gasteiger partial charge in [-0.1, -0.05) is 44.5 Å². The van der Waals surface area contributed by atoms with Crippen LogP contribution in [-0.4, -0.2) is 9.97 Å². The Balaban J connectivity index is 1.93. The zero-order chi connectivity index (χ0) is 20.1. The molecule has 28 heavy (non-hydrogen) atoms. The summed E-state index contributed by atoms with van der Waals surface area (Å²) < 4.78 is 5.40. The first-order chi connectivity index (χ1) is 13.3. The van der Waals surface area contributed by atoms with Gasteiger partial charge in [0.25, 0.3) is 0 Å². The molecule has 0 amide bonds. The number of pyridine rings is 1. The van der Waals surface area contributed by atoms with E-state index in [0.717, 1.165) is 27.9 Å². The smallest absolute Gasteiger partial charge is 0.226 e. The van der Waals surface area contributed by atoms with Crippen LogP contribution in [0.25, 0.3) is 33.6 Å². The second-order valence-corrected chi connectivity index (χ2v) is 8.42. The minimum absolute atomic E-state index is 0.0535. The van der Waals surface area contributed by atoms with E-state index in [2.05, 4.69) is 36.8 Å². The zero-order valence-electron chi connectivity index (χ0n) is 16.3. The van der Waals surface area contributed by atoms with Gasteiger partial charge in [0.15, 0.2) is 5.43 Å². The molecule has 0 aliphatic carbocycles. The molecule has 1 N–H and O–H groups in total. The number of oxazole rings is 1. The third-order valence-corrected chi connectivity index (χ3v) is 5.24. The molecule has 0 bridgehead atoms. The van der Waals surface area contributed by atoms with Crippen LogP contribution in [0.4, 0.5) is 0 Å². The number of benzene rings is 2. The fraction of sp³-hybridized carbons (Fsp3) is 0.217. The van der Waals surface area contributed by atoms with Crippen LogP contribution in [0.5, 0.6) is 0 Å². The fourth-order valence-electron chi connectivity index (χ4n) is 3.53. The molecular formula is C23H21ClN2O2. The molecule has 2 aromatic heterocycles. The Kier molecular flexibility index (Phi) is 4.39. The standard InChI is InChI=1S/C23H21ClN2O2/c1-13-10-16(23(2,3)4)17(24)11-15(13)19-12-20(27)21-14(22-25-8-9-28-22)6-5-7-18(21)26-19/h5-12H,1-4H3,(H,26,27). The summed E-state index contributed by atoms with van der Waals surface area (Å²) in [6.07, 6.45) is 3.07. The van der Waals surface area contributed by atoms with Gasteiger partial charge < -0.3 is 9.40 Å². The molecule has 0 aliphatic rings. The second kappa shape index (κ2) is 6.64. The van der Waals surface area contributed by atoms with E-state index in [1.807, 2.05) is 31.2 Å². The van der Waals surface area contributed by atoms with E-state index in [9.17, 15) is 4.79 Å². The summed E-state index contributed by atoms with van der Waals surface area (Å²) in [5.74, 6) is 0.428. The average Bonchev–Trinajstić information content (AvgIpc) is 3.16. The molecule has 142 valence electrons. The largest absolute Gasteiger partial charge is 0.445 e. The summed E-state index contributed by atoms with van der Waals surface area (Å²) in [6, 6.07) is 11.3. The number of aromatic amines is 1. The first-order valence-corrected chi connectivity index (χ1v) is 9.50. The summed E-state index contributed by atoms with van der Waals surface area (Å²) in [7, 11) is 0. The predicted octanol–water partition coefficient (Wildman–Crippen LogP) is 6.11. The van der Waals surface area contributed by atoms with Crippen LogP contribution in [0.2, 0.25) is 5.02 Å². The van der Waals surface area contributed by atoms with E-state index in [0.29, 0.717) is 21.9 Å². The Morgan fingerprint density at radius 1 is 1.11 bits per heavy atom. The van der Waals surface area contributed by atoms with Crippen molar-refractivity contribution in [2.75, 3.05) is 0 Å². The van der Waals surface area contributed by atoms with E-state index < -0.39 is 0 Å². The SMILES string of the molecule is Cc1cc(C(C)(C)C)c(Cl)cc1-c1cc(=O)c2c(-c3ncco3)cccc2[nH]1. The van der Waals surface area contributed by atoms with Crippen molar-refractivity contribution in [1.82, 2.24) is 9.97 Å². The maximum absolute atomic E-state index is 13.0. The highest BCUT2D eigenvalue weighted by molar-refractivity contribution is 6.31. The molecule has 0 aliphatic heterocycles. The molecule has 2 aromatic carbocycles. The van der Waals surface area contributed by atoms with Gasteiger partial charge in [0.1, 0.15) is 6.26 Å². The van der Waals surface area contributed by atoms with Crippen LogP contribution in [0.15, 0.2) is 58.1 Å². The van der Waals surface area contributed by atoms with Crippen molar-refractivity contribution in [2.45, 2.75) is 33.1 Å². The normalized spacial score (nSPS) is 11.9. The quantitative estimate of drug-likeness (QED) is 0.447. The van der Waals surface area contributed by atoms with Crippen LogP contribution in [0, 0.1) is 6.92 Å². The number of aromatic nitrogens is 2. The molecule has 0 fully saturated rings. The lowest BCUT2D eigenvalue weighted by atomic mass is 9.85. The van der Waals surface area contributed by atoms with Gasteiger partial charge in [-0.2, -0.15) is 0 Å². The molecule has 0 saturated heterocycles. The van der Waals surface area contributed by atoms with E-state index in [1.54, 1.807) is 12.3 Å². The number of hydrogen-bond donors (Lipinski definition) is 1. The molecule has 0 radical (unpaired) electrons. The molecule has 0 spiro atoms. The zero-order valence-corrected chi connectivity index (χ0v) is 17.0. The van der Waals surface area contributed by atoms with Gasteiger partial charge in [-0.25, -0.2) is 4.98 Å². The third-order valence-electron chi connectivity index (χ3n) is 4.93. The van der Waals surface area contributed by atoms with Crippen molar-refractivity contribution in [3.05, 3.63) is 75.2 Å². The molecule has 4 rings (SSSR count). The van der Waals surface area contributed by atoms with E-state index >= 15 is 0 Å². The molecule has 0 atom stereocenters. The van der Waals surface area contributed by atoms with Gasteiger partial charge in [0.05, 0.1) is 28.4 Å². The van der Waals surface area contributed by atoms with E-state index in [1.165, 1.54) is 6.26 Å². The van der Waals surface area contributed by atoms with Crippen molar-refractivity contribution >= 4 is 22.5 Å². The van der Waals surface area contributed by atoms with Crippen LogP contribution < -0.4 is 5.43 Å². The number of fused-ring (bicyclic) bond motifs is 1. The van der Waals surface area contributed by atoms with Gasteiger partial charge in [-0.05, 0) is 41.7 Å². The highest BCUT2D eigenvalue weighted by atomic mass is 35.5. The minimum atomic E-state index is -0.0898. The Labute approximate surface area is 168 Å². The first-order valence-electron chi connectivity index (χ1n) is 9.12. The Morgan fingerprint density at radius 2 is 1.89 bits per heavy atom. The lowest BCUT2D eigenvalue weighted by molar-refractivity contribution is 0.575. The molecule has 0 saturated carbocycles. The molecule has 4 nitrogen and oxygen atoms in total. The molecule has 2 heterocycles. The Bertz CT molecular complexity index is 1230. The highest BCUT2D eigenvalue weighted by Gasteiger charge is 2.20. The molecule has 4 aromatic rings. The predicted molar refractivity (Wildman–Crippen MR) is 114 cm³/mol. The minimum Gasteiger partial charge on any atom is -0.445 e. The van der Waals surface area contributed by atoms with Gasteiger partial charge in [-0.3, -0.25) is 4.79 Å². The number of H-pyrrole nitrogens is 1.